The van der Waals surface area contributed by atoms with E-state index in [1.807, 2.05) is 0 Å². The molecule has 154 valence electrons. The molecule has 2 amide bonds. The van der Waals surface area contributed by atoms with Gasteiger partial charge in [0.25, 0.3) is 11.8 Å². The summed E-state index contributed by atoms with van der Waals surface area (Å²) in [7, 11) is 0. The first-order valence-electron chi connectivity index (χ1n) is 8.57. The van der Waals surface area contributed by atoms with Crippen LogP contribution in [-0.4, -0.2) is 18.6 Å². The number of anilines is 2. The van der Waals surface area contributed by atoms with Crippen molar-refractivity contribution < 1.29 is 36.7 Å². The largest absolute Gasteiger partial charge is 0.472 e. The number of alkyl halides is 3. The molecular weight excluding hydrogens is 405 g/mol. The van der Waals surface area contributed by atoms with E-state index in [2.05, 4.69) is 10.6 Å². The minimum Gasteiger partial charge on any atom is -0.472 e. The number of hydrogen-bond acceptors (Lipinski definition) is 5. The number of fused-ring (bicyclic) bond motifs is 1. The number of ether oxygens (including phenoxy) is 2. The number of carbonyl (C=O) groups excluding carboxylic acids is 2. The SMILES string of the molecule is O=C(Nc1ccc(NC(=O)c2cccc3c2OCO3)c(C(F)(F)F)c1)c1ccoc1. The van der Waals surface area contributed by atoms with Gasteiger partial charge in [-0.3, -0.25) is 9.59 Å². The van der Waals surface area contributed by atoms with Gasteiger partial charge < -0.3 is 24.5 Å². The third kappa shape index (κ3) is 3.79. The van der Waals surface area contributed by atoms with Crippen LogP contribution in [0.25, 0.3) is 0 Å². The maximum atomic E-state index is 13.6. The third-order valence-electron chi connectivity index (χ3n) is 4.26. The van der Waals surface area contributed by atoms with Crippen molar-refractivity contribution in [2.45, 2.75) is 6.18 Å². The lowest BCUT2D eigenvalue weighted by Crippen LogP contribution is -2.18. The molecule has 0 atom stereocenters. The van der Waals surface area contributed by atoms with Crippen molar-refractivity contribution in [1.29, 1.82) is 0 Å². The molecule has 10 heteroatoms. The Labute approximate surface area is 167 Å². The van der Waals surface area contributed by atoms with Gasteiger partial charge in [0.15, 0.2) is 11.5 Å². The second-order valence-electron chi connectivity index (χ2n) is 6.22. The van der Waals surface area contributed by atoms with Crippen molar-refractivity contribution >= 4 is 23.2 Å². The van der Waals surface area contributed by atoms with Crippen LogP contribution in [0.4, 0.5) is 24.5 Å². The Morgan fingerprint density at radius 1 is 0.967 bits per heavy atom. The second kappa shape index (κ2) is 7.47. The van der Waals surface area contributed by atoms with Gasteiger partial charge in [-0.2, -0.15) is 13.2 Å². The van der Waals surface area contributed by atoms with Crippen LogP contribution in [0.5, 0.6) is 11.5 Å². The van der Waals surface area contributed by atoms with Crippen molar-refractivity contribution in [3.8, 4) is 11.5 Å². The molecule has 2 heterocycles. The number of benzene rings is 2. The number of para-hydroxylation sites is 1. The molecular formula is C20H13F3N2O5. The Kier molecular flexibility index (Phi) is 4.82. The van der Waals surface area contributed by atoms with Crippen LogP contribution in [0, 0.1) is 0 Å². The molecule has 2 aromatic carbocycles. The molecule has 4 rings (SSSR count). The molecule has 0 fully saturated rings. The first-order valence-corrected chi connectivity index (χ1v) is 8.57. The maximum Gasteiger partial charge on any atom is 0.418 e. The third-order valence-corrected chi connectivity index (χ3v) is 4.26. The number of furan rings is 1. The van der Waals surface area contributed by atoms with E-state index >= 15 is 0 Å². The van der Waals surface area contributed by atoms with Crippen molar-refractivity contribution in [2.75, 3.05) is 17.4 Å². The molecule has 0 unspecified atom stereocenters. The van der Waals surface area contributed by atoms with Crippen molar-refractivity contribution in [2.24, 2.45) is 0 Å². The topological polar surface area (TPSA) is 89.8 Å². The summed E-state index contributed by atoms with van der Waals surface area (Å²) in [5, 5.41) is 4.60. The Balaban J connectivity index is 1.61. The summed E-state index contributed by atoms with van der Waals surface area (Å²) in [6, 6.07) is 8.94. The van der Waals surface area contributed by atoms with Gasteiger partial charge in [0.2, 0.25) is 6.79 Å². The van der Waals surface area contributed by atoms with Gasteiger partial charge in [0.1, 0.15) is 6.26 Å². The van der Waals surface area contributed by atoms with Crippen LogP contribution >= 0.6 is 0 Å². The van der Waals surface area contributed by atoms with Crippen LogP contribution < -0.4 is 20.1 Å². The van der Waals surface area contributed by atoms with Gasteiger partial charge in [-0.15, -0.1) is 0 Å². The average Bonchev–Trinajstić information content (AvgIpc) is 3.39. The molecule has 1 aliphatic heterocycles. The predicted octanol–water partition coefficient (Wildman–Crippen LogP) is 4.53. The molecule has 0 bridgehead atoms. The fourth-order valence-electron chi connectivity index (χ4n) is 2.86. The van der Waals surface area contributed by atoms with Gasteiger partial charge in [-0.05, 0) is 36.4 Å². The Morgan fingerprint density at radius 3 is 2.53 bits per heavy atom. The summed E-state index contributed by atoms with van der Waals surface area (Å²) in [5.74, 6) is -0.938. The van der Waals surface area contributed by atoms with E-state index in [0.29, 0.717) is 5.75 Å². The van der Waals surface area contributed by atoms with E-state index in [1.165, 1.54) is 36.8 Å². The monoisotopic (exact) mass is 418 g/mol. The van der Waals surface area contributed by atoms with E-state index in [1.54, 1.807) is 6.07 Å². The van der Waals surface area contributed by atoms with E-state index in [4.69, 9.17) is 13.9 Å². The lowest BCUT2D eigenvalue weighted by Gasteiger charge is -2.16. The molecule has 0 saturated heterocycles. The highest BCUT2D eigenvalue weighted by Gasteiger charge is 2.35. The van der Waals surface area contributed by atoms with Gasteiger partial charge in [-0.1, -0.05) is 6.07 Å². The number of amides is 2. The summed E-state index contributed by atoms with van der Waals surface area (Å²) in [6.45, 7) is -0.0848. The molecule has 1 aromatic heterocycles. The predicted molar refractivity (Wildman–Crippen MR) is 98.6 cm³/mol. The Bertz CT molecular complexity index is 1110. The summed E-state index contributed by atoms with van der Waals surface area (Å²) < 4.78 is 55.9. The van der Waals surface area contributed by atoms with E-state index in [0.717, 1.165) is 12.1 Å². The highest BCUT2D eigenvalue weighted by Crippen LogP contribution is 2.39. The molecule has 0 saturated carbocycles. The summed E-state index contributed by atoms with van der Waals surface area (Å²) in [4.78, 5) is 24.6. The zero-order valence-electron chi connectivity index (χ0n) is 15.1. The Morgan fingerprint density at radius 2 is 1.80 bits per heavy atom. The van der Waals surface area contributed by atoms with Crippen LogP contribution in [0.1, 0.15) is 26.3 Å². The number of rotatable bonds is 4. The standard InChI is InChI=1S/C20H13F3N2O5/c21-20(22,23)14-8-12(24-18(26)11-6-7-28-9-11)4-5-15(14)25-19(27)13-2-1-3-16-17(13)30-10-29-16/h1-9H,10H2,(H,24,26)(H,25,27). The fourth-order valence-corrected chi connectivity index (χ4v) is 2.86. The molecule has 3 aromatic rings. The first-order chi connectivity index (χ1) is 14.3. The molecule has 30 heavy (non-hydrogen) atoms. The van der Waals surface area contributed by atoms with Crippen LogP contribution in [-0.2, 0) is 6.18 Å². The lowest BCUT2D eigenvalue weighted by molar-refractivity contribution is -0.136. The van der Waals surface area contributed by atoms with Crippen LogP contribution in [0.15, 0.2) is 59.4 Å². The highest BCUT2D eigenvalue weighted by molar-refractivity contribution is 6.08. The summed E-state index contributed by atoms with van der Waals surface area (Å²) in [5.41, 5.74) is -1.49. The van der Waals surface area contributed by atoms with E-state index in [9.17, 15) is 22.8 Å². The molecule has 7 nitrogen and oxygen atoms in total. The number of hydrogen-bond donors (Lipinski definition) is 2. The average molecular weight is 418 g/mol. The lowest BCUT2D eigenvalue weighted by atomic mass is 10.1. The molecule has 0 radical (unpaired) electrons. The summed E-state index contributed by atoms with van der Waals surface area (Å²) >= 11 is 0. The van der Waals surface area contributed by atoms with Gasteiger partial charge >= 0.3 is 6.18 Å². The molecule has 0 aliphatic carbocycles. The van der Waals surface area contributed by atoms with Gasteiger partial charge in [0.05, 0.1) is 28.6 Å². The van der Waals surface area contributed by atoms with Crippen molar-refractivity contribution in [3.63, 3.8) is 0 Å². The number of carbonyl (C=O) groups is 2. The number of halogens is 3. The second-order valence-corrected chi connectivity index (χ2v) is 6.22. The van der Waals surface area contributed by atoms with Crippen molar-refractivity contribution in [3.05, 3.63) is 71.7 Å². The molecule has 1 aliphatic rings. The Hall–Kier alpha value is -3.95. The van der Waals surface area contributed by atoms with Gasteiger partial charge in [-0.25, -0.2) is 0 Å². The van der Waals surface area contributed by atoms with E-state index < -0.39 is 29.2 Å². The highest BCUT2D eigenvalue weighted by atomic mass is 19.4. The molecule has 0 spiro atoms. The quantitative estimate of drug-likeness (QED) is 0.650. The maximum absolute atomic E-state index is 13.6. The minimum atomic E-state index is -4.78. The number of nitrogens with one attached hydrogen (secondary N) is 2. The van der Waals surface area contributed by atoms with Crippen molar-refractivity contribution in [1.82, 2.24) is 0 Å². The minimum absolute atomic E-state index is 0.0375. The molecule has 2 N–H and O–H groups in total. The smallest absolute Gasteiger partial charge is 0.418 e. The van der Waals surface area contributed by atoms with Crippen LogP contribution in [0.3, 0.4) is 0 Å². The van der Waals surface area contributed by atoms with Gasteiger partial charge in [0, 0.05) is 5.69 Å². The summed E-state index contributed by atoms with van der Waals surface area (Å²) in [6.07, 6.45) is -2.35. The normalized spacial score (nSPS) is 12.5. The zero-order chi connectivity index (χ0) is 21.3. The van der Waals surface area contributed by atoms with E-state index in [-0.39, 0.29) is 29.4 Å². The van der Waals surface area contributed by atoms with Crippen LogP contribution in [0.2, 0.25) is 0 Å². The fraction of sp³-hybridized carbons (Fsp3) is 0.100. The zero-order valence-corrected chi connectivity index (χ0v) is 15.1. The first kappa shape index (κ1) is 19.4.